The smallest absolute Gasteiger partial charge is 0.260 e. The summed E-state index contributed by atoms with van der Waals surface area (Å²) in [4.78, 5) is 6.57. The number of aryl methyl sites for hydroxylation is 1. The Morgan fingerprint density at radius 2 is 2.07 bits per heavy atom. The summed E-state index contributed by atoms with van der Waals surface area (Å²) in [7, 11) is -1.85. The molecular formula is C8H15N3O2S. The molecule has 0 radical (unpaired) electrons. The van der Waals surface area contributed by atoms with Gasteiger partial charge < -0.3 is 4.98 Å². The summed E-state index contributed by atoms with van der Waals surface area (Å²) in [6, 6.07) is -0.0661. The van der Waals surface area contributed by atoms with Gasteiger partial charge in [0.2, 0.25) is 0 Å². The van der Waals surface area contributed by atoms with E-state index in [0.29, 0.717) is 5.82 Å². The van der Waals surface area contributed by atoms with Gasteiger partial charge in [0, 0.05) is 13.1 Å². The molecule has 0 aliphatic carbocycles. The van der Waals surface area contributed by atoms with Gasteiger partial charge in [0.25, 0.3) is 10.0 Å². The Kier molecular flexibility index (Phi) is 2.96. The molecule has 0 spiro atoms. The SMILES string of the molecule is Cc1ncc(S(=O)(=O)N(C)C(C)C)[nH]1. The molecule has 1 aromatic rings. The molecule has 1 heterocycles. The van der Waals surface area contributed by atoms with Crippen LogP contribution in [0.15, 0.2) is 11.2 Å². The molecule has 0 saturated heterocycles. The van der Waals surface area contributed by atoms with Gasteiger partial charge in [0.05, 0.1) is 6.20 Å². The Labute approximate surface area is 84.2 Å². The number of rotatable bonds is 3. The second kappa shape index (κ2) is 3.70. The maximum Gasteiger partial charge on any atom is 0.260 e. The van der Waals surface area contributed by atoms with Gasteiger partial charge in [-0.2, -0.15) is 4.31 Å². The van der Waals surface area contributed by atoms with Gasteiger partial charge in [0.1, 0.15) is 5.82 Å². The number of H-pyrrole nitrogens is 1. The predicted molar refractivity (Wildman–Crippen MR) is 53.4 cm³/mol. The van der Waals surface area contributed by atoms with Crippen molar-refractivity contribution >= 4 is 10.0 Å². The van der Waals surface area contributed by atoms with Crippen LogP contribution in [0, 0.1) is 6.92 Å². The van der Waals surface area contributed by atoms with E-state index in [9.17, 15) is 8.42 Å². The molecule has 0 aromatic carbocycles. The fourth-order valence-electron chi connectivity index (χ4n) is 0.962. The van der Waals surface area contributed by atoms with E-state index in [1.165, 1.54) is 10.5 Å². The molecule has 80 valence electrons. The van der Waals surface area contributed by atoms with Crippen LogP contribution in [-0.4, -0.2) is 35.8 Å². The Balaban J connectivity index is 3.09. The van der Waals surface area contributed by atoms with Crippen LogP contribution in [0.25, 0.3) is 0 Å². The van der Waals surface area contributed by atoms with Gasteiger partial charge in [-0.1, -0.05) is 0 Å². The molecule has 0 aliphatic rings. The molecule has 0 amide bonds. The van der Waals surface area contributed by atoms with Crippen molar-refractivity contribution in [2.75, 3.05) is 7.05 Å². The summed E-state index contributed by atoms with van der Waals surface area (Å²) >= 11 is 0. The fourth-order valence-corrected chi connectivity index (χ4v) is 2.29. The monoisotopic (exact) mass is 217 g/mol. The zero-order valence-electron chi connectivity index (χ0n) is 8.77. The van der Waals surface area contributed by atoms with Crippen LogP contribution in [-0.2, 0) is 10.0 Å². The molecule has 0 bridgehead atoms. The third-order valence-electron chi connectivity index (χ3n) is 2.06. The highest BCUT2D eigenvalue weighted by Gasteiger charge is 2.24. The number of hydrogen-bond donors (Lipinski definition) is 1. The first-order chi connectivity index (χ1) is 6.35. The lowest BCUT2D eigenvalue weighted by Crippen LogP contribution is -2.33. The fraction of sp³-hybridized carbons (Fsp3) is 0.625. The number of hydrogen-bond acceptors (Lipinski definition) is 3. The average Bonchev–Trinajstić information content (AvgIpc) is 2.50. The predicted octanol–water partition coefficient (Wildman–Crippen LogP) is 0.747. The van der Waals surface area contributed by atoms with Crippen molar-refractivity contribution in [3.05, 3.63) is 12.0 Å². The Morgan fingerprint density at radius 1 is 1.50 bits per heavy atom. The van der Waals surface area contributed by atoms with Crippen LogP contribution in [0.5, 0.6) is 0 Å². The number of aromatic nitrogens is 2. The van der Waals surface area contributed by atoms with E-state index < -0.39 is 10.0 Å². The molecule has 0 aliphatic heterocycles. The van der Waals surface area contributed by atoms with Crippen molar-refractivity contribution in [3.8, 4) is 0 Å². The van der Waals surface area contributed by atoms with Crippen LogP contribution in [0.3, 0.4) is 0 Å². The van der Waals surface area contributed by atoms with E-state index >= 15 is 0 Å². The van der Waals surface area contributed by atoms with E-state index in [1.807, 2.05) is 13.8 Å². The van der Waals surface area contributed by atoms with E-state index in [-0.39, 0.29) is 11.1 Å². The Hall–Kier alpha value is -0.880. The van der Waals surface area contributed by atoms with Crippen LogP contribution < -0.4 is 0 Å². The van der Waals surface area contributed by atoms with Crippen molar-refractivity contribution in [2.24, 2.45) is 0 Å². The quantitative estimate of drug-likeness (QED) is 0.812. The van der Waals surface area contributed by atoms with Gasteiger partial charge in [-0.25, -0.2) is 13.4 Å². The topological polar surface area (TPSA) is 66.1 Å². The summed E-state index contributed by atoms with van der Waals surface area (Å²) in [5.74, 6) is 0.598. The van der Waals surface area contributed by atoms with Gasteiger partial charge in [-0.15, -0.1) is 0 Å². The molecule has 1 N–H and O–H groups in total. The summed E-state index contributed by atoms with van der Waals surface area (Å²) in [6.07, 6.45) is 1.34. The maximum atomic E-state index is 11.8. The molecule has 0 saturated carbocycles. The molecule has 0 atom stereocenters. The first kappa shape index (κ1) is 11.2. The molecule has 5 nitrogen and oxygen atoms in total. The van der Waals surface area contributed by atoms with Crippen LogP contribution in [0.1, 0.15) is 19.7 Å². The van der Waals surface area contributed by atoms with Crippen LogP contribution in [0.4, 0.5) is 0 Å². The normalized spacial score (nSPS) is 12.7. The van der Waals surface area contributed by atoms with Crippen LogP contribution in [0.2, 0.25) is 0 Å². The minimum atomic E-state index is -3.40. The van der Waals surface area contributed by atoms with E-state index in [0.717, 1.165) is 0 Å². The van der Waals surface area contributed by atoms with E-state index in [1.54, 1.807) is 14.0 Å². The lowest BCUT2D eigenvalue weighted by molar-refractivity contribution is 0.409. The van der Waals surface area contributed by atoms with Crippen molar-refractivity contribution in [2.45, 2.75) is 31.8 Å². The maximum absolute atomic E-state index is 11.8. The third-order valence-corrected chi connectivity index (χ3v) is 4.01. The third kappa shape index (κ3) is 1.96. The van der Waals surface area contributed by atoms with E-state index in [2.05, 4.69) is 9.97 Å². The standard InChI is InChI=1S/C8H15N3O2S/c1-6(2)11(4)14(12,13)8-5-9-7(3)10-8/h5-6H,1-4H3,(H,9,10). The van der Waals surface area contributed by atoms with Gasteiger partial charge >= 0.3 is 0 Å². The number of aromatic amines is 1. The zero-order valence-corrected chi connectivity index (χ0v) is 9.59. The van der Waals surface area contributed by atoms with Gasteiger partial charge in [-0.05, 0) is 20.8 Å². The number of sulfonamides is 1. The van der Waals surface area contributed by atoms with Crippen molar-refractivity contribution in [1.82, 2.24) is 14.3 Å². The molecule has 1 rings (SSSR count). The lowest BCUT2D eigenvalue weighted by Gasteiger charge is -2.19. The highest BCUT2D eigenvalue weighted by atomic mass is 32.2. The largest absolute Gasteiger partial charge is 0.332 e. The molecule has 1 aromatic heterocycles. The number of nitrogens with one attached hydrogen (secondary N) is 1. The highest BCUT2D eigenvalue weighted by molar-refractivity contribution is 7.89. The lowest BCUT2D eigenvalue weighted by atomic mass is 10.4. The number of nitrogens with zero attached hydrogens (tertiary/aromatic N) is 2. The first-order valence-corrected chi connectivity index (χ1v) is 5.79. The minimum absolute atomic E-state index is 0.0661. The molecule has 14 heavy (non-hydrogen) atoms. The highest BCUT2D eigenvalue weighted by Crippen LogP contribution is 2.13. The summed E-state index contributed by atoms with van der Waals surface area (Å²) in [5, 5.41) is 0.145. The Morgan fingerprint density at radius 3 is 2.43 bits per heavy atom. The molecule has 6 heteroatoms. The zero-order chi connectivity index (χ0) is 10.9. The summed E-state index contributed by atoms with van der Waals surface area (Å²) < 4.78 is 25.0. The molecule has 0 fully saturated rings. The van der Waals surface area contributed by atoms with Gasteiger partial charge in [-0.3, -0.25) is 0 Å². The van der Waals surface area contributed by atoms with Crippen molar-refractivity contribution < 1.29 is 8.42 Å². The second-order valence-corrected chi connectivity index (χ2v) is 5.41. The summed E-state index contributed by atoms with van der Waals surface area (Å²) in [6.45, 7) is 5.36. The Bertz CT molecular complexity index is 408. The van der Waals surface area contributed by atoms with E-state index in [4.69, 9.17) is 0 Å². The minimum Gasteiger partial charge on any atom is -0.332 e. The summed E-state index contributed by atoms with van der Waals surface area (Å²) in [5.41, 5.74) is 0. The number of imidazole rings is 1. The molecular weight excluding hydrogens is 202 g/mol. The van der Waals surface area contributed by atoms with Crippen molar-refractivity contribution in [3.63, 3.8) is 0 Å². The first-order valence-electron chi connectivity index (χ1n) is 4.35. The molecule has 0 unspecified atom stereocenters. The average molecular weight is 217 g/mol. The van der Waals surface area contributed by atoms with Gasteiger partial charge in [0.15, 0.2) is 5.03 Å². The van der Waals surface area contributed by atoms with Crippen molar-refractivity contribution in [1.29, 1.82) is 0 Å². The second-order valence-electron chi connectivity index (χ2n) is 3.45. The van der Waals surface area contributed by atoms with Crippen LogP contribution >= 0.6 is 0 Å².